The van der Waals surface area contributed by atoms with Crippen LogP contribution in [-0.4, -0.2) is 24.8 Å². The quantitative estimate of drug-likeness (QED) is 0.690. The molecule has 0 bridgehead atoms. The average Bonchev–Trinajstić information content (AvgIpc) is 2.92. The highest BCUT2D eigenvalue weighted by Crippen LogP contribution is 2.30. The van der Waals surface area contributed by atoms with Gasteiger partial charge in [-0.15, -0.1) is 0 Å². The van der Waals surface area contributed by atoms with Crippen molar-refractivity contribution in [2.24, 2.45) is 5.10 Å². The van der Waals surface area contributed by atoms with Gasteiger partial charge in [-0.25, -0.2) is 5.43 Å². The van der Waals surface area contributed by atoms with Crippen LogP contribution in [0.2, 0.25) is 0 Å². The fraction of sp³-hybridized carbons (Fsp3) is 0.200. The molecule has 0 radical (unpaired) electrons. The van der Waals surface area contributed by atoms with E-state index in [-0.39, 0.29) is 12.5 Å². The maximum Gasteiger partial charge on any atom is 0.284 e. The van der Waals surface area contributed by atoms with E-state index in [0.717, 1.165) is 5.76 Å². The lowest BCUT2D eigenvalue weighted by molar-refractivity contribution is -0.130. The number of rotatable bonds is 3. The Bertz CT molecular complexity index is 678. The highest BCUT2D eigenvalue weighted by atomic mass is 16.6. The van der Waals surface area contributed by atoms with E-state index < -0.39 is 6.10 Å². The molecule has 6 heteroatoms. The van der Waals surface area contributed by atoms with Crippen LogP contribution in [0.15, 0.2) is 45.9 Å². The van der Waals surface area contributed by atoms with Gasteiger partial charge in [0.05, 0.1) is 6.21 Å². The Morgan fingerprint density at radius 1 is 1.29 bits per heavy atom. The summed E-state index contributed by atoms with van der Waals surface area (Å²) < 4.78 is 16.3. The van der Waals surface area contributed by atoms with E-state index in [2.05, 4.69) is 10.5 Å². The van der Waals surface area contributed by atoms with Crippen molar-refractivity contribution in [3.8, 4) is 11.5 Å². The summed E-state index contributed by atoms with van der Waals surface area (Å²) in [6.45, 7) is 1.98. The number of para-hydroxylation sites is 2. The highest BCUT2D eigenvalue weighted by molar-refractivity contribution is 5.83. The fourth-order valence-electron chi connectivity index (χ4n) is 1.90. The summed E-state index contributed by atoms with van der Waals surface area (Å²) in [6.07, 6.45) is 0.707. The Kier molecular flexibility index (Phi) is 3.59. The average molecular weight is 286 g/mol. The molecule has 2 heterocycles. The van der Waals surface area contributed by atoms with Crippen molar-refractivity contribution in [3.63, 3.8) is 0 Å². The van der Waals surface area contributed by atoms with Gasteiger partial charge in [-0.1, -0.05) is 12.1 Å². The van der Waals surface area contributed by atoms with Crippen molar-refractivity contribution in [2.75, 3.05) is 6.61 Å². The molecule has 1 aliphatic rings. The SMILES string of the molecule is Cc1ccc(/C=N/NC(=O)[C@@H]2COc3ccccc3O2)o1. The molecule has 3 rings (SSSR count). The summed E-state index contributed by atoms with van der Waals surface area (Å²) in [7, 11) is 0. The van der Waals surface area contributed by atoms with Crippen LogP contribution in [0, 0.1) is 6.92 Å². The zero-order valence-corrected chi connectivity index (χ0v) is 11.4. The van der Waals surface area contributed by atoms with Gasteiger partial charge in [0.25, 0.3) is 5.91 Å². The third-order valence-electron chi connectivity index (χ3n) is 2.93. The van der Waals surface area contributed by atoms with Crippen LogP contribution in [0.1, 0.15) is 11.5 Å². The van der Waals surface area contributed by atoms with Gasteiger partial charge in [0.1, 0.15) is 18.1 Å². The van der Waals surface area contributed by atoms with Crippen LogP contribution in [-0.2, 0) is 4.79 Å². The van der Waals surface area contributed by atoms with Crippen LogP contribution < -0.4 is 14.9 Å². The lowest BCUT2D eigenvalue weighted by Gasteiger charge is -2.24. The number of ether oxygens (including phenoxy) is 2. The molecule has 0 spiro atoms. The van der Waals surface area contributed by atoms with E-state index in [4.69, 9.17) is 13.9 Å². The van der Waals surface area contributed by atoms with Gasteiger partial charge in [-0.2, -0.15) is 5.10 Å². The molecule has 6 nitrogen and oxygen atoms in total. The lowest BCUT2D eigenvalue weighted by atomic mass is 10.2. The molecule has 1 aromatic heterocycles. The number of benzene rings is 1. The van der Waals surface area contributed by atoms with Crippen LogP contribution in [0.4, 0.5) is 0 Å². The minimum absolute atomic E-state index is 0.151. The molecule has 108 valence electrons. The van der Waals surface area contributed by atoms with Crippen molar-refractivity contribution < 1.29 is 18.7 Å². The predicted octanol–water partition coefficient (Wildman–Crippen LogP) is 1.88. The number of hydrogen-bond acceptors (Lipinski definition) is 5. The molecule has 0 saturated heterocycles. The first-order chi connectivity index (χ1) is 10.2. The molecule has 0 fully saturated rings. The molecule has 1 amide bonds. The van der Waals surface area contributed by atoms with Crippen molar-refractivity contribution >= 4 is 12.1 Å². The topological polar surface area (TPSA) is 73.1 Å². The number of carbonyl (C=O) groups is 1. The van der Waals surface area contributed by atoms with Crippen LogP contribution in [0.25, 0.3) is 0 Å². The number of hydrazone groups is 1. The highest BCUT2D eigenvalue weighted by Gasteiger charge is 2.26. The van der Waals surface area contributed by atoms with Crippen molar-refractivity contribution in [1.82, 2.24) is 5.43 Å². The van der Waals surface area contributed by atoms with Crippen LogP contribution in [0.5, 0.6) is 11.5 Å². The van der Waals surface area contributed by atoms with Crippen LogP contribution >= 0.6 is 0 Å². The Hall–Kier alpha value is -2.76. The number of carbonyl (C=O) groups excluding carboxylic acids is 1. The number of hydrogen-bond donors (Lipinski definition) is 1. The third kappa shape index (κ3) is 3.05. The molecular weight excluding hydrogens is 272 g/mol. The van der Waals surface area contributed by atoms with E-state index in [0.29, 0.717) is 17.3 Å². The summed E-state index contributed by atoms with van der Waals surface area (Å²) >= 11 is 0. The Labute approximate surface area is 121 Å². The molecule has 1 aromatic carbocycles. The third-order valence-corrected chi connectivity index (χ3v) is 2.93. The summed E-state index contributed by atoms with van der Waals surface area (Å²) in [5.41, 5.74) is 2.41. The first-order valence-electron chi connectivity index (χ1n) is 6.50. The number of nitrogens with one attached hydrogen (secondary N) is 1. The smallest absolute Gasteiger partial charge is 0.284 e. The van der Waals surface area contributed by atoms with Gasteiger partial charge in [0.2, 0.25) is 6.10 Å². The number of aryl methyl sites for hydroxylation is 1. The van der Waals surface area contributed by atoms with E-state index in [1.807, 2.05) is 25.1 Å². The molecule has 0 saturated carbocycles. The zero-order chi connectivity index (χ0) is 14.7. The van der Waals surface area contributed by atoms with E-state index in [9.17, 15) is 4.79 Å². The summed E-state index contributed by atoms with van der Waals surface area (Å²) in [4.78, 5) is 11.9. The minimum atomic E-state index is -0.726. The second kappa shape index (κ2) is 5.70. The Balaban J connectivity index is 1.58. The van der Waals surface area contributed by atoms with Crippen molar-refractivity contribution in [3.05, 3.63) is 47.9 Å². The van der Waals surface area contributed by atoms with Gasteiger partial charge in [0.15, 0.2) is 11.5 Å². The van der Waals surface area contributed by atoms with Gasteiger partial charge < -0.3 is 13.9 Å². The lowest BCUT2D eigenvalue weighted by Crippen LogP contribution is -2.42. The Morgan fingerprint density at radius 3 is 2.86 bits per heavy atom. The van der Waals surface area contributed by atoms with E-state index in [1.54, 1.807) is 18.2 Å². The van der Waals surface area contributed by atoms with Crippen molar-refractivity contribution in [1.29, 1.82) is 0 Å². The van der Waals surface area contributed by atoms with Crippen LogP contribution in [0.3, 0.4) is 0 Å². The zero-order valence-electron chi connectivity index (χ0n) is 11.4. The fourth-order valence-corrected chi connectivity index (χ4v) is 1.90. The summed E-state index contributed by atoms with van der Waals surface area (Å²) in [6, 6.07) is 10.8. The Morgan fingerprint density at radius 2 is 2.10 bits per heavy atom. The number of amides is 1. The van der Waals surface area contributed by atoms with Gasteiger partial charge in [0, 0.05) is 0 Å². The number of fused-ring (bicyclic) bond motifs is 1. The summed E-state index contributed by atoms with van der Waals surface area (Å²) in [5.74, 6) is 2.16. The first kappa shape index (κ1) is 13.2. The second-order valence-corrected chi connectivity index (χ2v) is 4.55. The van der Waals surface area contributed by atoms with Gasteiger partial charge in [-0.3, -0.25) is 4.79 Å². The number of furan rings is 1. The first-order valence-corrected chi connectivity index (χ1v) is 6.50. The molecule has 2 aromatic rings. The monoisotopic (exact) mass is 286 g/mol. The number of nitrogens with zero attached hydrogens (tertiary/aromatic N) is 1. The maximum absolute atomic E-state index is 11.9. The molecule has 21 heavy (non-hydrogen) atoms. The van der Waals surface area contributed by atoms with E-state index >= 15 is 0 Å². The second-order valence-electron chi connectivity index (χ2n) is 4.55. The molecular formula is C15H14N2O4. The molecule has 1 atom stereocenters. The largest absolute Gasteiger partial charge is 0.485 e. The summed E-state index contributed by atoms with van der Waals surface area (Å²) in [5, 5.41) is 3.83. The molecule has 0 unspecified atom stereocenters. The van der Waals surface area contributed by atoms with Crippen molar-refractivity contribution in [2.45, 2.75) is 13.0 Å². The standard InChI is InChI=1S/C15H14N2O4/c1-10-6-7-11(20-10)8-16-17-15(18)14-9-19-12-4-2-3-5-13(12)21-14/h2-8,14H,9H2,1H3,(H,17,18)/b16-8+/t14-/m0/s1. The van der Waals surface area contributed by atoms with Gasteiger partial charge in [-0.05, 0) is 31.2 Å². The minimum Gasteiger partial charge on any atom is -0.485 e. The predicted molar refractivity (Wildman–Crippen MR) is 75.5 cm³/mol. The molecule has 1 N–H and O–H groups in total. The molecule has 1 aliphatic heterocycles. The maximum atomic E-state index is 11.9. The van der Waals surface area contributed by atoms with Gasteiger partial charge >= 0.3 is 0 Å². The molecule has 0 aliphatic carbocycles. The van der Waals surface area contributed by atoms with E-state index in [1.165, 1.54) is 6.21 Å². The normalized spacial score (nSPS) is 16.9.